The molecule has 2 amide bonds. The molecule has 6 heteroatoms. The molecule has 2 rings (SSSR count). The van der Waals surface area contributed by atoms with E-state index in [1.165, 1.54) is 7.11 Å². The molecule has 5 nitrogen and oxygen atoms in total. The summed E-state index contributed by atoms with van der Waals surface area (Å²) in [4.78, 5) is 24.5. The molecule has 0 saturated carbocycles. The van der Waals surface area contributed by atoms with Gasteiger partial charge in [0.05, 0.1) is 19.6 Å². The highest BCUT2D eigenvalue weighted by Crippen LogP contribution is 2.27. The SMILES string of the molecule is COC(=O)CCN1CC(c2ccccc2Br)NC1=O. The van der Waals surface area contributed by atoms with Crippen LogP contribution in [0.25, 0.3) is 0 Å². The van der Waals surface area contributed by atoms with Gasteiger partial charge in [0.2, 0.25) is 0 Å². The molecule has 0 aliphatic carbocycles. The summed E-state index contributed by atoms with van der Waals surface area (Å²) in [5, 5.41) is 2.91. The highest BCUT2D eigenvalue weighted by Gasteiger charge is 2.30. The Morgan fingerprint density at radius 3 is 2.95 bits per heavy atom. The van der Waals surface area contributed by atoms with Crippen LogP contribution in [0.1, 0.15) is 18.0 Å². The molecule has 1 N–H and O–H groups in total. The van der Waals surface area contributed by atoms with E-state index < -0.39 is 0 Å². The van der Waals surface area contributed by atoms with Gasteiger partial charge in [-0.1, -0.05) is 34.1 Å². The number of hydrogen-bond acceptors (Lipinski definition) is 3. The van der Waals surface area contributed by atoms with E-state index in [4.69, 9.17) is 0 Å². The molecule has 1 aromatic carbocycles. The van der Waals surface area contributed by atoms with Gasteiger partial charge in [0.25, 0.3) is 0 Å². The van der Waals surface area contributed by atoms with Crippen molar-refractivity contribution in [1.82, 2.24) is 10.2 Å². The van der Waals surface area contributed by atoms with E-state index in [2.05, 4.69) is 26.0 Å². The van der Waals surface area contributed by atoms with Gasteiger partial charge in [-0.25, -0.2) is 4.79 Å². The minimum absolute atomic E-state index is 0.0549. The molecule has 1 aromatic rings. The second-order valence-electron chi connectivity index (χ2n) is 4.30. The predicted molar refractivity (Wildman–Crippen MR) is 73.6 cm³/mol. The molecular formula is C13H15BrN2O3. The lowest BCUT2D eigenvalue weighted by Gasteiger charge is -2.14. The van der Waals surface area contributed by atoms with Crippen molar-refractivity contribution >= 4 is 27.9 Å². The fraction of sp³-hybridized carbons (Fsp3) is 0.385. The maximum Gasteiger partial charge on any atom is 0.318 e. The zero-order valence-corrected chi connectivity index (χ0v) is 12.1. The van der Waals surface area contributed by atoms with Gasteiger partial charge in [-0.3, -0.25) is 4.79 Å². The quantitative estimate of drug-likeness (QED) is 0.862. The number of carbonyl (C=O) groups excluding carboxylic acids is 2. The third kappa shape index (κ3) is 3.26. The summed E-state index contributed by atoms with van der Waals surface area (Å²) < 4.78 is 5.54. The highest BCUT2D eigenvalue weighted by atomic mass is 79.9. The molecule has 1 heterocycles. The van der Waals surface area contributed by atoms with Gasteiger partial charge >= 0.3 is 12.0 Å². The summed E-state index contributed by atoms with van der Waals surface area (Å²) in [7, 11) is 1.34. The number of carbonyl (C=O) groups is 2. The molecular weight excluding hydrogens is 312 g/mol. The number of methoxy groups -OCH3 is 1. The van der Waals surface area contributed by atoms with Crippen LogP contribution < -0.4 is 5.32 Å². The lowest BCUT2D eigenvalue weighted by atomic mass is 10.1. The number of rotatable bonds is 4. The van der Waals surface area contributed by atoms with E-state index in [9.17, 15) is 9.59 Å². The van der Waals surface area contributed by atoms with E-state index in [0.717, 1.165) is 10.0 Å². The van der Waals surface area contributed by atoms with Gasteiger partial charge in [-0.2, -0.15) is 0 Å². The molecule has 1 atom stereocenters. The fourth-order valence-electron chi connectivity index (χ4n) is 2.04. The average molecular weight is 327 g/mol. The third-order valence-electron chi connectivity index (χ3n) is 3.08. The van der Waals surface area contributed by atoms with E-state index in [1.807, 2.05) is 24.3 Å². The summed E-state index contributed by atoms with van der Waals surface area (Å²) in [6, 6.07) is 7.57. The number of benzene rings is 1. The Labute approximate surface area is 120 Å². The van der Waals surface area contributed by atoms with Crippen LogP contribution >= 0.6 is 15.9 Å². The van der Waals surface area contributed by atoms with Gasteiger partial charge in [0, 0.05) is 17.6 Å². The van der Waals surface area contributed by atoms with Crippen molar-refractivity contribution in [1.29, 1.82) is 0 Å². The van der Waals surface area contributed by atoms with Crippen LogP contribution in [-0.4, -0.2) is 37.1 Å². The second-order valence-corrected chi connectivity index (χ2v) is 5.15. The number of esters is 1. The molecule has 0 bridgehead atoms. The van der Waals surface area contributed by atoms with Gasteiger partial charge < -0.3 is 15.0 Å². The first-order valence-corrected chi connectivity index (χ1v) is 6.78. The van der Waals surface area contributed by atoms with E-state index >= 15 is 0 Å². The van der Waals surface area contributed by atoms with E-state index in [1.54, 1.807) is 4.90 Å². The molecule has 0 radical (unpaired) electrons. The Hall–Kier alpha value is -1.56. The monoisotopic (exact) mass is 326 g/mol. The van der Waals surface area contributed by atoms with Crippen molar-refractivity contribution in [3.05, 3.63) is 34.3 Å². The molecule has 1 unspecified atom stereocenters. The molecule has 1 aliphatic rings. The average Bonchev–Trinajstić information content (AvgIpc) is 2.77. The summed E-state index contributed by atoms with van der Waals surface area (Å²) in [5.74, 6) is -0.308. The summed E-state index contributed by atoms with van der Waals surface area (Å²) >= 11 is 3.48. The standard InChI is InChI=1S/C13H15BrN2O3/c1-19-12(17)6-7-16-8-11(15-13(16)18)9-4-2-3-5-10(9)14/h2-5,11H,6-8H2,1H3,(H,15,18). The van der Waals surface area contributed by atoms with E-state index in [0.29, 0.717) is 13.1 Å². The Morgan fingerprint density at radius 2 is 2.26 bits per heavy atom. The topological polar surface area (TPSA) is 58.6 Å². The first-order chi connectivity index (χ1) is 9.11. The number of nitrogens with one attached hydrogen (secondary N) is 1. The lowest BCUT2D eigenvalue weighted by Crippen LogP contribution is -2.30. The van der Waals surface area contributed by atoms with Crippen molar-refractivity contribution in [2.24, 2.45) is 0 Å². The van der Waals surface area contributed by atoms with Crippen LogP contribution in [0.3, 0.4) is 0 Å². The zero-order chi connectivity index (χ0) is 13.8. The van der Waals surface area contributed by atoms with Crippen molar-refractivity contribution in [2.45, 2.75) is 12.5 Å². The predicted octanol–water partition coefficient (Wildman–Crippen LogP) is 2.08. The summed E-state index contributed by atoms with van der Waals surface area (Å²) in [6.45, 7) is 0.928. The maximum atomic E-state index is 11.8. The molecule has 102 valence electrons. The van der Waals surface area contributed by atoms with Crippen molar-refractivity contribution < 1.29 is 14.3 Å². The van der Waals surface area contributed by atoms with Gasteiger partial charge in [0.15, 0.2) is 0 Å². The van der Waals surface area contributed by atoms with Crippen LogP contribution in [0, 0.1) is 0 Å². The number of halogens is 1. The number of hydrogen-bond donors (Lipinski definition) is 1. The molecule has 19 heavy (non-hydrogen) atoms. The first-order valence-electron chi connectivity index (χ1n) is 5.98. The zero-order valence-electron chi connectivity index (χ0n) is 10.6. The Bertz CT molecular complexity index is 493. The van der Waals surface area contributed by atoms with Crippen molar-refractivity contribution in [2.75, 3.05) is 20.2 Å². The fourth-order valence-corrected chi connectivity index (χ4v) is 2.61. The molecule has 1 aliphatic heterocycles. The minimum Gasteiger partial charge on any atom is -0.469 e. The lowest BCUT2D eigenvalue weighted by molar-refractivity contribution is -0.140. The normalized spacial score (nSPS) is 18.3. The summed E-state index contributed by atoms with van der Waals surface area (Å²) in [6.07, 6.45) is 0.215. The Kier molecular flexibility index (Phi) is 4.42. The van der Waals surface area contributed by atoms with Crippen molar-refractivity contribution in [3.63, 3.8) is 0 Å². The van der Waals surface area contributed by atoms with Crippen LogP contribution in [0.2, 0.25) is 0 Å². The van der Waals surface area contributed by atoms with Crippen LogP contribution in [0.15, 0.2) is 28.7 Å². The molecule has 0 aromatic heterocycles. The molecule has 1 saturated heterocycles. The number of nitrogens with zero attached hydrogens (tertiary/aromatic N) is 1. The van der Waals surface area contributed by atoms with Crippen LogP contribution in [0.5, 0.6) is 0 Å². The highest BCUT2D eigenvalue weighted by molar-refractivity contribution is 9.10. The van der Waals surface area contributed by atoms with Crippen LogP contribution in [0.4, 0.5) is 4.79 Å². The number of ether oxygens (including phenoxy) is 1. The number of amides is 2. The Balaban J connectivity index is 1.99. The first kappa shape index (κ1) is 13.9. The van der Waals surface area contributed by atoms with Gasteiger partial charge in [-0.15, -0.1) is 0 Å². The largest absolute Gasteiger partial charge is 0.469 e. The van der Waals surface area contributed by atoms with Crippen molar-refractivity contribution in [3.8, 4) is 0 Å². The van der Waals surface area contributed by atoms with E-state index in [-0.39, 0.29) is 24.5 Å². The second kappa shape index (κ2) is 6.06. The van der Waals surface area contributed by atoms with Crippen LogP contribution in [-0.2, 0) is 9.53 Å². The minimum atomic E-state index is -0.308. The smallest absolute Gasteiger partial charge is 0.318 e. The van der Waals surface area contributed by atoms with Gasteiger partial charge in [0.1, 0.15) is 0 Å². The maximum absolute atomic E-state index is 11.8. The molecule has 0 spiro atoms. The van der Waals surface area contributed by atoms with Gasteiger partial charge in [-0.05, 0) is 11.6 Å². The number of urea groups is 1. The Morgan fingerprint density at radius 1 is 1.53 bits per heavy atom. The summed E-state index contributed by atoms with van der Waals surface area (Å²) in [5.41, 5.74) is 1.04. The molecule has 1 fully saturated rings. The third-order valence-corrected chi connectivity index (χ3v) is 3.80.